The highest BCUT2D eigenvalue weighted by atomic mass is 32.2. The van der Waals surface area contributed by atoms with Gasteiger partial charge in [0.2, 0.25) is 10.0 Å². The Morgan fingerprint density at radius 3 is 3.04 bits per heavy atom. The van der Waals surface area contributed by atoms with Crippen molar-refractivity contribution < 1.29 is 13.2 Å². The predicted octanol–water partition coefficient (Wildman–Crippen LogP) is 1.02. The van der Waals surface area contributed by atoms with Crippen molar-refractivity contribution in [2.75, 3.05) is 19.6 Å². The summed E-state index contributed by atoms with van der Waals surface area (Å²) < 4.78 is 29.5. The fraction of sp³-hybridized carbons (Fsp3) is 0.529. The molecule has 2 aromatic rings. The first-order valence-electron chi connectivity index (χ1n) is 9.15. The second-order valence-corrected chi connectivity index (χ2v) is 9.68. The predicted molar refractivity (Wildman–Crippen MR) is 102 cm³/mol. The molecule has 146 valence electrons. The summed E-state index contributed by atoms with van der Waals surface area (Å²) in [6.45, 7) is 2.61. The standard InChI is InChI=1S/C17H23N5O3S2/c23-17(19-11-13-3-1-2-6-18-13)16-15(5-10-26-16)27(24,25)21-8-9-22-14(12-21)4-7-20-22/h4-5,7,10,13,18H,1-3,6,8-9,11-12H2,(H,19,23)/t13-/m1/s1. The van der Waals surface area contributed by atoms with Gasteiger partial charge in [-0.1, -0.05) is 6.42 Å². The molecule has 0 spiro atoms. The highest BCUT2D eigenvalue weighted by Crippen LogP contribution is 2.27. The van der Waals surface area contributed by atoms with Gasteiger partial charge in [0.15, 0.2) is 0 Å². The van der Waals surface area contributed by atoms with Crippen LogP contribution in [0.4, 0.5) is 0 Å². The SMILES string of the molecule is O=C(NC[C@H]1CCCCN1)c1sccc1S(=O)(=O)N1CCn2nccc2C1. The van der Waals surface area contributed by atoms with Crippen LogP contribution in [-0.2, 0) is 23.1 Å². The van der Waals surface area contributed by atoms with Crippen LogP contribution in [0.5, 0.6) is 0 Å². The molecule has 0 aliphatic carbocycles. The molecule has 1 fully saturated rings. The van der Waals surface area contributed by atoms with Gasteiger partial charge < -0.3 is 10.6 Å². The Morgan fingerprint density at radius 2 is 2.22 bits per heavy atom. The summed E-state index contributed by atoms with van der Waals surface area (Å²) in [6, 6.07) is 3.60. The number of carbonyl (C=O) groups is 1. The molecular weight excluding hydrogens is 386 g/mol. The number of carbonyl (C=O) groups excluding carboxylic acids is 1. The first kappa shape index (κ1) is 18.6. The lowest BCUT2D eigenvalue weighted by Crippen LogP contribution is -2.43. The molecule has 27 heavy (non-hydrogen) atoms. The Labute approximate surface area is 162 Å². The van der Waals surface area contributed by atoms with Crippen molar-refractivity contribution in [1.82, 2.24) is 24.7 Å². The molecule has 1 amide bonds. The first-order chi connectivity index (χ1) is 13.1. The lowest BCUT2D eigenvalue weighted by Gasteiger charge is -2.27. The zero-order chi connectivity index (χ0) is 18.9. The highest BCUT2D eigenvalue weighted by molar-refractivity contribution is 7.89. The summed E-state index contributed by atoms with van der Waals surface area (Å²) in [5.74, 6) is -0.321. The third-order valence-electron chi connectivity index (χ3n) is 5.08. The molecule has 2 aliphatic heterocycles. The van der Waals surface area contributed by atoms with Gasteiger partial charge in [-0.3, -0.25) is 9.48 Å². The lowest BCUT2D eigenvalue weighted by molar-refractivity contribution is 0.0948. The molecule has 8 nitrogen and oxygen atoms in total. The number of nitrogens with zero attached hydrogens (tertiary/aromatic N) is 3. The highest BCUT2D eigenvalue weighted by Gasteiger charge is 2.32. The molecule has 1 atom stereocenters. The van der Waals surface area contributed by atoms with Gasteiger partial charge >= 0.3 is 0 Å². The van der Waals surface area contributed by atoms with E-state index in [4.69, 9.17) is 0 Å². The normalized spacial score (nSPS) is 21.0. The van der Waals surface area contributed by atoms with Gasteiger partial charge in [0.1, 0.15) is 9.77 Å². The quantitative estimate of drug-likeness (QED) is 0.769. The van der Waals surface area contributed by atoms with Crippen LogP contribution in [0.2, 0.25) is 0 Å². The Balaban J connectivity index is 1.48. The van der Waals surface area contributed by atoms with Crippen LogP contribution >= 0.6 is 11.3 Å². The minimum absolute atomic E-state index is 0.0922. The van der Waals surface area contributed by atoms with Gasteiger partial charge in [0.05, 0.1) is 18.8 Å². The van der Waals surface area contributed by atoms with Crippen molar-refractivity contribution in [1.29, 1.82) is 0 Å². The molecule has 0 bridgehead atoms. The number of fused-ring (bicyclic) bond motifs is 1. The summed E-state index contributed by atoms with van der Waals surface area (Å²) in [5.41, 5.74) is 0.856. The second-order valence-electron chi connectivity index (χ2n) is 6.86. The van der Waals surface area contributed by atoms with Crippen molar-refractivity contribution >= 4 is 27.3 Å². The maximum atomic E-state index is 13.1. The number of aromatic nitrogens is 2. The van der Waals surface area contributed by atoms with Crippen LogP contribution in [0.25, 0.3) is 0 Å². The van der Waals surface area contributed by atoms with E-state index < -0.39 is 10.0 Å². The topological polar surface area (TPSA) is 96.3 Å². The number of hydrogen-bond donors (Lipinski definition) is 2. The van der Waals surface area contributed by atoms with Crippen molar-refractivity contribution in [3.05, 3.63) is 34.3 Å². The van der Waals surface area contributed by atoms with Crippen molar-refractivity contribution in [3.8, 4) is 0 Å². The minimum Gasteiger partial charge on any atom is -0.350 e. The van der Waals surface area contributed by atoms with E-state index in [1.165, 1.54) is 21.7 Å². The summed E-state index contributed by atoms with van der Waals surface area (Å²) in [4.78, 5) is 13.0. The van der Waals surface area contributed by atoms with E-state index in [9.17, 15) is 13.2 Å². The van der Waals surface area contributed by atoms with Crippen LogP contribution in [0, 0.1) is 0 Å². The number of nitrogens with one attached hydrogen (secondary N) is 2. The number of rotatable bonds is 5. The van der Waals surface area contributed by atoms with Gasteiger partial charge in [-0.05, 0) is 36.9 Å². The Hall–Kier alpha value is -1.75. The Bertz CT molecular complexity index is 915. The number of hydrogen-bond acceptors (Lipinski definition) is 6. The molecular formula is C17H23N5O3S2. The van der Waals surface area contributed by atoms with Gasteiger partial charge in [-0.15, -0.1) is 11.3 Å². The molecule has 10 heteroatoms. The molecule has 0 radical (unpaired) electrons. The zero-order valence-electron chi connectivity index (χ0n) is 14.9. The number of sulfonamides is 1. The van der Waals surface area contributed by atoms with Crippen LogP contribution in [0.1, 0.15) is 34.6 Å². The van der Waals surface area contributed by atoms with E-state index in [1.54, 1.807) is 11.6 Å². The van der Waals surface area contributed by atoms with Crippen LogP contribution < -0.4 is 10.6 Å². The number of thiophene rings is 1. The smallest absolute Gasteiger partial charge is 0.262 e. The van der Waals surface area contributed by atoms with Gasteiger partial charge in [-0.2, -0.15) is 9.40 Å². The van der Waals surface area contributed by atoms with E-state index in [-0.39, 0.29) is 28.3 Å². The van der Waals surface area contributed by atoms with Gasteiger partial charge in [0, 0.05) is 25.3 Å². The van der Waals surface area contributed by atoms with Crippen LogP contribution in [0.3, 0.4) is 0 Å². The third kappa shape index (κ3) is 3.79. The molecule has 1 saturated heterocycles. The number of piperidine rings is 1. The van der Waals surface area contributed by atoms with E-state index in [2.05, 4.69) is 15.7 Å². The maximum absolute atomic E-state index is 13.1. The Kier molecular flexibility index (Phi) is 5.31. The molecule has 2 aliphatic rings. The average Bonchev–Trinajstić information content (AvgIpc) is 3.35. The van der Waals surface area contributed by atoms with E-state index >= 15 is 0 Å². The first-order valence-corrected chi connectivity index (χ1v) is 11.5. The minimum atomic E-state index is -3.73. The van der Waals surface area contributed by atoms with E-state index in [1.807, 2.05) is 10.7 Å². The van der Waals surface area contributed by atoms with Crippen molar-refractivity contribution in [2.45, 2.75) is 43.3 Å². The van der Waals surface area contributed by atoms with Gasteiger partial charge in [-0.25, -0.2) is 8.42 Å². The molecule has 0 unspecified atom stereocenters. The fourth-order valence-corrected chi connectivity index (χ4v) is 6.29. The van der Waals surface area contributed by atoms with Crippen molar-refractivity contribution in [3.63, 3.8) is 0 Å². The summed E-state index contributed by atoms with van der Waals surface area (Å²) in [5, 5.41) is 12.1. The third-order valence-corrected chi connectivity index (χ3v) is 8.01. The average molecular weight is 410 g/mol. The van der Waals surface area contributed by atoms with E-state index in [0.717, 1.165) is 31.5 Å². The molecule has 0 saturated carbocycles. The second kappa shape index (κ2) is 7.70. The number of amides is 1. The van der Waals surface area contributed by atoms with Crippen LogP contribution in [0.15, 0.2) is 28.6 Å². The molecule has 2 aromatic heterocycles. The van der Waals surface area contributed by atoms with E-state index in [0.29, 0.717) is 19.6 Å². The zero-order valence-corrected chi connectivity index (χ0v) is 16.6. The molecule has 4 heterocycles. The summed E-state index contributed by atoms with van der Waals surface area (Å²) >= 11 is 1.17. The fourth-order valence-electron chi connectivity index (χ4n) is 3.57. The van der Waals surface area contributed by atoms with Gasteiger partial charge in [0.25, 0.3) is 5.91 Å². The largest absolute Gasteiger partial charge is 0.350 e. The summed E-state index contributed by atoms with van der Waals surface area (Å²) in [7, 11) is -3.73. The molecule has 0 aromatic carbocycles. The summed E-state index contributed by atoms with van der Waals surface area (Å²) in [6.07, 6.45) is 5.01. The van der Waals surface area contributed by atoms with Crippen LogP contribution in [-0.4, -0.2) is 54.1 Å². The van der Waals surface area contributed by atoms with Crippen molar-refractivity contribution in [2.24, 2.45) is 0 Å². The maximum Gasteiger partial charge on any atom is 0.262 e. The Morgan fingerprint density at radius 1 is 1.33 bits per heavy atom. The lowest BCUT2D eigenvalue weighted by atomic mass is 10.1. The monoisotopic (exact) mass is 409 g/mol. The molecule has 4 rings (SSSR count). The molecule has 2 N–H and O–H groups in total.